The van der Waals surface area contributed by atoms with Crippen LogP contribution in [0.5, 0.6) is 5.75 Å². The number of imidazole rings is 1. The molecule has 2 heterocycles. The summed E-state index contributed by atoms with van der Waals surface area (Å²) >= 11 is 6.17. The lowest BCUT2D eigenvalue weighted by atomic mass is 10.2. The first-order valence-electron chi connectivity index (χ1n) is 10.2. The number of aryl methyl sites for hydroxylation is 1. The average molecular weight is 496 g/mol. The van der Waals surface area contributed by atoms with Gasteiger partial charge in [0.25, 0.3) is 0 Å². The normalized spacial score (nSPS) is 13.1. The van der Waals surface area contributed by atoms with Crippen LogP contribution in [0.4, 0.5) is 13.2 Å². The second kappa shape index (κ2) is 10.2. The summed E-state index contributed by atoms with van der Waals surface area (Å²) in [6.45, 7) is 5.35. The molecule has 1 N–H and O–H groups in total. The number of carboxylic acids is 1. The van der Waals surface area contributed by atoms with Crippen molar-refractivity contribution in [3.8, 4) is 17.5 Å². The van der Waals surface area contributed by atoms with Crippen molar-refractivity contribution in [3.05, 3.63) is 58.4 Å². The molecular formula is C22H21ClF3N5O3. The molecule has 0 atom stereocenters. The fourth-order valence-electron chi connectivity index (χ4n) is 3.17. The third-order valence-electron chi connectivity index (χ3n) is 5.10. The molecule has 0 saturated heterocycles. The summed E-state index contributed by atoms with van der Waals surface area (Å²) < 4.78 is 41.8. The second-order valence-corrected chi connectivity index (χ2v) is 8.17. The molecule has 1 fully saturated rings. The molecule has 0 amide bonds. The van der Waals surface area contributed by atoms with E-state index in [2.05, 4.69) is 20.7 Å². The van der Waals surface area contributed by atoms with Crippen molar-refractivity contribution in [2.75, 3.05) is 0 Å². The number of hydrogen-bond donors (Lipinski definition) is 1. The van der Waals surface area contributed by atoms with E-state index in [1.807, 2.05) is 32.4 Å². The first-order valence-corrected chi connectivity index (χ1v) is 10.6. The summed E-state index contributed by atoms with van der Waals surface area (Å²) in [6.07, 6.45) is 1.25. The second-order valence-electron chi connectivity index (χ2n) is 7.76. The summed E-state index contributed by atoms with van der Waals surface area (Å²) in [4.78, 5) is 13.2. The lowest BCUT2D eigenvalue weighted by molar-refractivity contribution is -0.192. The van der Waals surface area contributed by atoms with Crippen LogP contribution < -0.4 is 4.74 Å². The van der Waals surface area contributed by atoms with Crippen molar-refractivity contribution in [1.29, 1.82) is 5.26 Å². The van der Waals surface area contributed by atoms with Gasteiger partial charge in [-0.25, -0.2) is 14.5 Å². The average Bonchev–Trinajstić information content (AvgIpc) is 3.40. The molecular weight excluding hydrogens is 475 g/mol. The standard InChI is InChI=1S/C20H20ClN5O.C2HF3O2/c1-13-20(27-11-18-9-23-12-25(18)10-15-3-4-15)14(2)26(24-13)17-6-5-16(8-22)19(21)7-17;3-2(4,5)1(6)7/h5-7,9,12,15H,3-4,10-11H2,1-2H3;(H,6,7). The minimum absolute atomic E-state index is 0.411. The Hall–Kier alpha value is -3.52. The first kappa shape index (κ1) is 25.1. The molecule has 3 aromatic rings. The number of halogens is 4. The first-order chi connectivity index (χ1) is 16.0. The van der Waals surface area contributed by atoms with E-state index < -0.39 is 12.1 Å². The molecule has 1 aliphatic carbocycles. The van der Waals surface area contributed by atoms with E-state index in [9.17, 15) is 13.2 Å². The molecule has 0 spiro atoms. The van der Waals surface area contributed by atoms with Gasteiger partial charge in [-0.15, -0.1) is 0 Å². The molecule has 8 nitrogen and oxygen atoms in total. The molecule has 2 aromatic heterocycles. The summed E-state index contributed by atoms with van der Waals surface area (Å²) in [5.74, 6) is -1.22. The highest BCUT2D eigenvalue weighted by atomic mass is 35.5. The van der Waals surface area contributed by atoms with E-state index in [1.165, 1.54) is 12.8 Å². The van der Waals surface area contributed by atoms with Gasteiger partial charge in [-0.2, -0.15) is 23.5 Å². The Bertz CT molecular complexity index is 1230. The third-order valence-corrected chi connectivity index (χ3v) is 5.41. The Labute approximate surface area is 198 Å². The van der Waals surface area contributed by atoms with Crippen molar-refractivity contribution in [2.24, 2.45) is 5.92 Å². The monoisotopic (exact) mass is 495 g/mol. The largest absolute Gasteiger partial charge is 0.490 e. The maximum absolute atomic E-state index is 10.6. The number of rotatable bonds is 6. The van der Waals surface area contributed by atoms with Gasteiger partial charge in [0.1, 0.15) is 18.4 Å². The van der Waals surface area contributed by atoms with E-state index in [4.69, 9.17) is 31.5 Å². The van der Waals surface area contributed by atoms with Crippen LogP contribution in [0.15, 0.2) is 30.7 Å². The fourth-order valence-corrected chi connectivity index (χ4v) is 3.39. The molecule has 1 aliphatic rings. The van der Waals surface area contributed by atoms with Crippen molar-refractivity contribution < 1.29 is 27.8 Å². The van der Waals surface area contributed by atoms with Crippen LogP contribution in [0.25, 0.3) is 5.69 Å². The van der Waals surface area contributed by atoms with E-state index in [0.29, 0.717) is 17.2 Å². The Balaban J connectivity index is 0.000000406. The molecule has 34 heavy (non-hydrogen) atoms. The van der Waals surface area contributed by atoms with E-state index in [-0.39, 0.29) is 0 Å². The Morgan fingerprint density at radius 3 is 2.59 bits per heavy atom. The third kappa shape index (κ3) is 6.08. The maximum Gasteiger partial charge on any atom is 0.490 e. The van der Waals surface area contributed by atoms with Crippen molar-refractivity contribution in [3.63, 3.8) is 0 Å². The van der Waals surface area contributed by atoms with E-state index >= 15 is 0 Å². The van der Waals surface area contributed by atoms with Gasteiger partial charge < -0.3 is 14.4 Å². The number of carboxylic acid groups (broad SMARTS) is 1. The predicted molar refractivity (Wildman–Crippen MR) is 116 cm³/mol. The number of ether oxygens (including phenoxy) is 1. The Morgan fingerprint density at radius 1 is 1.35 bits per heavy atom. The van der Waals surface area contributed by atoms with Gasteiger partial charge >= 0.3 is 12.1 Å². The molecule has 0 bridgehead atoms. The van der Waals surface area contributed by atoms with Crippen LogP contribution in [0.3, 0.4) is 0 Å². The summed E-state index contributed by atoms with van der Waals surface area (Å²) in [5, 5.41) is 21.2. The number of hydrogen-bond acceptors (Lipinski definition) is 5. The molecule has 1 aromatic carbocycles. The van der Waals surface area contributed by atoms with Crippen LogP contribution in [0, 0.1) is 31.1 Å². The number of carbonyl (C=O) groups is 1. The zero-order valence-electron chi connectivity index (χ0n) is 18.3. The van der Waals surface area contributed by atoms with Gasteiger partial charge in [-0.3, -0.25) is 0 Å². The quantitative estimate of drug-likeness (QED) is 0.525. The molecule has 0 radical (unpaired) electrons. The number of nitrogens with zero attached hydrogens (tertiary/aromatic N) is 5. The number of benzene rings is 1. The van der Waals surface area contributed by atoms with Crippen LogP contribution in [0.1, 0.15) is 35.5 Å². The Kier molecular flexibility index (Phi) is 7.51. The highest BCUT2D eigenvalue weighted by Crippen LogP contribution is 2.31. The lowest BCUT2D eigenvalue weighted by Crippen LogP contribution is -2.21. The summed E-state index contributed by atoms with van der Waals surface area (Å²) in [6, 6.07) is 7.34. The van der Waals surface area contributed by atoms with Gasteiger partial charge in [0.15, 0.2) is 5.75 Å². The van der Waals surface area contributed by atoms with Gasteiger partial charge in [-0.05, 0) is 50.8 Å². The summed E-state index contributed by atoms with van der Waals surface area (Å²) in [5.41, 5.74) is 4.01. The SMILES string of the molecule is Cc1nn(-c2ccc(C#N)c(Cl)c2)c(C)c1OCc1cncn1CC1CC1.O=C(O)C(F)(F)F. The molecule has 1 saturated carbocycles. The van der Waals surface area contributed by atoms with Crippen LogP contribution in [0.2, 0.25) is 5.02 Å². The highest BCUT2D eigenvalue weighted by Gasteiger charge is 2.38. The lowest BCUT2D eigenvalue weighted by Gasteiger charge is -2.10. The van der Waals surface area contributed by atoms with Gasteiger partial charge in [0, 0.05) is 6.54 Å². The van der Waals surface area contributed by atoms with E-state index in [0.717, 1.165) is 41.0 Å². The van der Waals surface area contributed by atoms with Crippen LogP contribution in [-0.4, -0.2) is 36.6 Å². The Morgan fingerprint density at radius 2 is 2.03 bits per heavy atom. The molecule has 4 rings (SSSR count). The fraction of sp³-hybridized carbons (Fsp3) is 0.364. The van der Waals surface area contributed by atoms with Crippen LogP contribution >= 0.6 is 11.6 Å². The molecule has 0 aliphatic heterocycles. The van der Waals surface area contributed by atoms with Gasteiger partial charge in [0.2, 0.25) is 0 Å². The predicted octanol–water partition coefficient (Wildman–Crippen LogP) is 4.83. The minimum Gasteiger partial charge on any atom is -0.483 e. The van der Waals surface area contributed by atoms with Crippen molar-refractivity contribution >= 4 is 17.6 Å². The van der Waals surface area contributed by atoms with E-state index in [1.54, 1.807) is 16.8 Å². The van der Waals surface area contributed by atoms with Crippen molar-refractivity contribution in [1.82, 2.24) is 19.3 Å². The summed E-state index contributed by atoms with van der Waals surface area (Å²) in [7, 11) is 0. The number of nitriles is 1. The zero-order chi connectivity index (χ0) is 25.0. The van der Waals surface area contributed by atoms with Gasteiger partial charge in [0.05, 0.1) is 40.2 Å². The number of aliphatic carboxylic acids is 1. The minimum atomic E-state index is -5.08. The highest BCUT2D eigenvalue weighted by molar-refractivity contribution is 6.31. The molecule has 180 valence electrons. The number of alkyl halides is 3. The number of aromatic nitrogens is 4. The zero-order valence-corrected chi connectivity index (χ0v) is 19.1. The smallest absolute Gasteiger partial charge is 0.483 e. The topological polar surface area (TPSA) is 106 Å². The molecule has 0 unspecified atom stereocenters. The van der Waals surface area contributed by atoms with Crippen LogP contribution in [-0.2, 0) is 17.9 Å². The van der Waals surface area contributed by atoms with Gasteiger partial charge in [-0.1, -0.05) is 11.6 Å². The molecule has 12 heteroatoms. The maximum atomic E-state index is 10.6. The van der Waals surface area contributed by atoms with Crippen molar-refractivity contribution in [2.45, 2.75) is 46.0 Å².